The van der Waals surface area contributed by atoms with Crippen LogP contribution >= 0.6 is 0 Å². The lowest BCUT2D eigenvalue weighted by Crippen LogP contribution is -2.30. The maximum atomic E-state index is 10.7. The zero-order valence-corrected chi connectivity index (χ0v) is 10.5. The number of piperidine rings is 1. The molecule has 1 aliphatic heterocycles. The Labute approximate surface area is 105 Å². The number of imidazole rings is 1. The molecule has 7 nitrogen and oxygen atoms in total. The van der Waals surface area contributed by atoms with Gasteiger partial charge in [-0.05, 0) is 48.2 Å². The van der Waals surface area contributed by atoms with Crippen LogP contribution in [0.5, 0.6) is 5.88 Å². The molecule has 0 saturated carbocycles. The topological polar surface area (TPSA) is 82.2 Å². The summed E-state index contributed by atoms with van der Waals surface area (Å²) in [6.45, 7) is 2.59. The lowest BCUT2D eigenvalue weighted by atomic mass is 9.97. The van der Waals surface area contributed by atoms with Crippen LogP contribution in [-0.4, -0.2) is 34.2 Å². The SMILES string of the molecule is Cn1cnc([N+](=O)[O-])c1OCCC1CCCNC1. The fraction of sp³-hybridized carbons (Fsp3) is 0.727. The van der Waals surface area contributed by atoms with Gasteiger partial charge in [0.25, 0.3) is 5.88 Å². The molecule has 0 bridgehead atoms. The van der Waals surface area contributed by atoms with Crippen molar-refractivity contribution in [2.45, 2.75) is 19.3 Å². The first-order chi connectivity index (χ1) is 8.68. The Morgan fingerprint density at radius 2 is 2.56 bits per heavy atom. The van der Waals surface area contributed by atoms with Crippen LogP contribution in [0.15, 0.2) is 6.33 Å². The number of hydrogen-bond acceptors (Lipinski definition) is 5. The number of aromatic nitrogens is 2. The molecular weight excluding hydrogens is 236 g/mol. The van der Waals surface area contributed by atoms with Gasteiger partial charge < -0.3 is 20.2 Å². The predicted molar refractivity (Wildman–Crippen MR) is 65.6 cm³/mol. The van der Waals surface area contributed by atoms with Crippen LogP contribution in [0, 0.1) is 16.0 Å². The summed E-state index contributed by atoms with van der Waals surface area (Å²) in [5, 5.41) is 14.1. The summed E-state index contributed by atoms with van der Waals surface area (Å²) in [4.78, 5) is 13.9. The quantitative estimate of drug-likeness (QED) is 0.628. The fourth-order valence-electron chi connectivity index (χ4n) is 2.19. The average Bonchev–Trinajstić information content (AvgIpc) is 2.73. The molecule has 1 aromatic rings. The van der Waals surface area contributed by atoms with Crippen molar-refractivity contribution in [1.82, 2.24) is 14.9 Å². The van der Waals surface area contributed by atoms with Gasteiger partial charge in [0.2, 0.25) is 6.33 Å². The summed E-state index contributed by atoms with van der Waals surface area (Å²) in [7, 11) is 1.69. The second kappa shape index (κ2) is 5.81. The molecule has 1 unspecified atom stereocenters. The summed E-state index contributed by atoms with van der Waals surface area (Å²) >= 11 is 0. The second-order valence-corrected chi connectivity index (χ2v) is 4.59. The molecule has 7 heteroatoms. The van der Waals surface area contributed by atoms with Gasteiger partial charge in [-0.15, -0.1) is 0 Å². The molecule has 0 radical (unpaired) electrons. The van der Waals surface area contributed by atoms with Gasteiger partial charge in [-0.1, -0.05) is 0 Å². The van der Waals surface area contributed by atoms with Gasteiger partial charge in [-0.25, -0.2) is 0 Å². The first-order valence-electron chi connectivity index (χ1n) is 6.17. The molecule has 1 aromatic heterocycles. The monoisotopic (exact) mass is 254 g/mol. The number of nitrogens with one attached hydrogen (secondary N) is 1. The minimum Gasteiger partial charge on any atom is -0.473 e. The van der Waals surface area contributed by atoms with Gasteiger partial charge in [-0.2, -0.15) is 0 Å². The van der Waals surface area contributed by atoms with E-state index in [-0.39, 0.29) is 11.7 Å². The van der Waals surface area contributed by atoms with E-state index in [1.54, 1.807) is 7.05 Å². The van der Waals surface area contributed by atoms with Crippen LogP contribution in [0.4, 0.5) is 5.82 Å². The van der Waals surface area contributed by atoms with Crippen LogP contribution in [0.3, 0.4) is 0 Å². The van der Waals surface area contributed by atoms with E-state index in [1.165, 1.54) is 23.7 Å². The summed E-state index contributed by atoms with van der Waals surface area (Å²) in [6, 6.07) is 0. The Hall–Kier alpha value is -1.63. The molecule has 1 atom stereocenters. The van der Waals surface area contributed by atoms with E-state index in [2.05, 4.69) is 10.3 Å². The fourth-order valence-corrected chi connectivity index (χ4v) is 2.19. The maximum absolute atomic E-state index is 10.7. The molecule has 18 heavy (non-hydrogen) atoms. The third-order valence-electron chi connectivity index (χ3n) is 3.20. The van der Waals surface area contributed by atoms with Crippen LogP contribution in [0.1, 0.15) is 19.3 Å². The minimum atomic E-state index is -0.516. The van der Waals surface area contributed by atoms with E-state index in [0.717, 1.165) is 19.5 Å². The maximum Gasteiger partial charge on any atom is 0.426 e. The minimum absolute atomic E-state index is 0.209. The molecule has 2 rings (SSSR count). The Morgan fingerprint density at radius 3 is 3.22 bits per heavy atom. The van der Waals surface area contributed by atoms with E-state index in [4.69, 9.17) is 4.74 Å². The normalized spacial score (nSPS) is 19.7. The van der Waals surface area contributed by atoms with Gasteiger partial charge in [0, 0.05) is 7.05 Å². The molecule has 1 fully saturated rings. The average molecular weight is 254 g/mol. The Balaban J connectivity index is 1.85. The molecule has 0 amide bonds. The lowest BCUT2D eigenvalue weighted by Gasteiger charge is -2.22. The second-order valence-electron chi connectivity index (χ2n) is 4.59. The van der Waals surface area contributed by atoms with E-state index in [9.17, 15) is 10.1 Å². The smallest absolute Gasteiger partial charge is 0.426 e. The van der Waals surface area contributed by atoms with E-state index < -0.39 is 4.92 Å². The summed E-state index contributed by atoms with van der Waals surface area (Å²) in [5.74, 6) is 0.633. The highest BCUT2D eigenvalue weighted by Crippen LogP contribution is 2.24. The summed E-state index contributed by atoms with van der Waals surface area (Å²) < 4.78 is 7.04. The number of nitrogens with zero attached hydrogens (tertiary/aromatic N) is 3. The van der Waals surface area contributed by atoms with E-state index in [1.807, 2.05) is 0 Å². The predicted octanol–water partition coefficient (Wildman–Crippen LogP) is 1.10. The van der Waals surface area contributed by atoms with Gasteiger partial charge in [0.1, 0.15) is 0 Å². The molecule has 1 aliphatic rings. The van der Waals surface area contributed by atoms with Crippen LogP contribution in [-0.2, 0) is 7.05 Å². The molecule has 0 aromatic carbocycles. The van der Waals surface area contributed by atoms with Crippen LogP contribution < -0.4 is 10.1 Å². The third kappa shape index (κ3) is 2.98. The zero-order chi connectivity index (χ0) is 13.0. The number of aryl methyl sites for hydroxylation is 1. The number of nitro groups is 1. The number of hydrogen-bond donors (Lipinski definition) is 1. The first-order valence-corrected chi connectivity index (χ1v) is 6.17. The highest BCUT2D eigenvalue weighted by Gasteiger charge is 2.22. The molecule has 0 spiro atoms. The van der Waals surface area contributed by atoms with Crippen molar-refractivity contribution in [1.29, 1.82) is 0 Å². The van der Waals surface area contributed by atoms with Gasteiger partial charge >= 0.3 is 5.82 Å². The Kier molecular flexibility index (Phi) is 4.14. The van der Waals surface area contributed by atoms with Crippen LogP contribution in [0.2, 0.25) is 0 Å². The Morgan fingerprint density at radius 1 is 1.72 bits per heavy atom. The molecule has 100 valence electrons. The van der Waals surface area contributed by atoms with Crippen LogP contribution in [0.25, 0.3) is 0 Å². The van der Waals surface area contributed by atoms with Crippen molar-refractivity contribution >= 4 is 5.82 Å². The highest BCUT2D eigenvalue weighted by molar-refractivity contribution is 5.33. The van der Waals surface area contributed by atoms with Gasteiger partial charge in [-0.3, -0.25) is 4.57 Å². The van der Waals surface area contributed by atoms with Gasteiger partial charge in [0.15, 0.2) is 0 Å². The largest absolute Gasteiger partial charge is 0.473 e. The van der Waals surface area contributed by atoms with E-state index >= 15 is 0 Å². The summed E-state index contributed by atoms with van der Waals surface area (Å²) in [5.41, 5.74) is 0. The third-order valence-corrected chi connectivity index (χ3v) is 3.20. The highest BCUT2D eigenvalue weighted by atomic mass is 16.6. The number of ether oxygens (including phenoxy) is 1. The first kappa shape index (κ1) is 12.8. The lowest BCUT2D eigenvalue weighted by molar-refractivity contribution is -0.390. The standard InChI is InChI=1S/C11H18N4O3/c1-14-8-13-10(15(16)17)11(14)18-6-4-9-3-2-5-12-7-9/h8-9,12H,2-7H2,1H3. The number of rotatable bonds is 5. The van der Waals surface area contributed by atoms with Crippen molar-refractivity contribution in [2.24, 2.45) is 13.0 Å². The molecule has 2 heterocycles. The van der Waals surface area contributed by atoms with Crippen molar-refractivity contribution in [3.8, 4) is 5.88 Å². The van der Waals surface area contributed by atoms with Crippen molar-refractivity contribution in [3.05, 3.63) is 16.4 Å². The van der Waals surface area contributed by atoms with Crippen molar-refractivity contribution in [2.75, 3.05) is 19.7 Å². The molecule has 0 aliphatic carbocycles. The van der Waals surface area contributed by atoms with Gasteiger partial charge in [0.05, 0.1) is 6.61 Å². The molecule has 1 saturated heterocycles. The van der Waals surface area contributed by atoms with E-state index in [0.29, 0.717) is 12.5 Å². The zero-order valence-electron chi connectivity index (χ0n) is 10.5. The van der Waals surface area contributed by atoms with Crippen molar-refractivity contribution < 1.29 is 9.66 Å². The molecular formula is C11H18N4O3. The summed E-state index contributed by atoms with van der Waals surface area (Å²) in [6.07, 6.45) is 4.70. The molecule has 1 N–H and O–H groups in total. The Bertz CT molecular complexity index is 412. The van der Waals surface area contributed by atoms with Crippen molar-refractivity contribution in [3.63, 3.8) is 0 Å².